The van der Waals surface area contributed by atoms with E-state index >= 15 is 0 Å². The van der Waals surface area contributed by atoms with E-state index in [9.17, 15) is 4.39 Å². The first kappa shape index (κ1) is 10.6. The van der Waals surface area contributed by atoms with Crippen molar-refractivity contribution in [1.29, 1.82) is 0 Å². The summed E-state index contributed by atoms with van der Waals surface area (Å²) >= 11 is 0. The lowest BCUT2D eigenvalue weighted by atomic mass is 10.1. The summed E-state index contributed by atoms with van der Waals surface area (Å²) in [5.74, 6) is -0.132. The van der Waals surface area contributed by atoms with Gasteiger partial charge in [0.15, 0.2) is 0 Å². The maximum atomic E-state index is 13.8. The minimum Gasteiger partial charge on any atom is -0.326 e. The molecule has 0 heterocycles. The lowest BCUT2D eigenvalue weighted by Crippen LogP contribution is -2.21. The van der Waals surface area contributed by atoms with E-state index < -0.39 is 0 Å². The third kappa shape index (κ3) is 2.36. The average molecular weight is 208 g/mol. The number of hydrogen-bond acceptors (Lipinski definition) is 2. The van der Waals surface area contributed by atoms with Crippen LogP contribution in [0, 0.1) is 5.82 Å². The van der Waals surface area contributed by atoms with Gasteiger partial charge in [-0.05, 0) is 19.9 Å². The van der Waals surface area contributed by atoms with Gasteiger partial charge >= 0.3 is 0 Å². The van der Waals surface area contributed by atoms with Gasteiger partial charge in [-0.1, -0.05) is 18.2 Å². The molecule has 0 bridgehead atoms. The summed E-state index contributed by atoms with van der Waals surface area (Å²) in [5, 5.41) is 0. The standard InChI is InChI=1S/C12H17FN2/c1-15(11-5-6-11)8-10-4-2-3-9(7-14)12(10)13/h2-4,11H,5-8,14H2,1H3. The summed E-state index contributed by atoms with van der Waals surface area (Å²) < 4.78 is 13.8. The molecule has 2 N–H and O–H groups in total. The van der Waals surface area contributed by atoms with E-state index in [0.29, 0.717) is 18.2 Å². The van der Waals surface area contributed by atoms with Crippen LogP contribution in [-0.2, 0) is 13.1 Å². The fourth-order valence-corrected chi connectivity index (χ4v) is 1.83. The van der Waals surface area contributed by atoms with Crippen molar-refractivity contribution in [2.75, 3.05) is 7.05 Å². The maximum Gasteiger partial charge on any atom is 0.132 e. The first-order valence-corrected chi connectivity index (χ1v) is 5.39. The second-order valence-corrected chi connectivity index (χ2v) is 4.24. The van der Waals surface area contributed by atoms with Crippen molar-refractivity contribution in [3.63, 3.8) is 0 Å². The Morgan fingerprint density at radius 3 is 2.67 bits per heavy atom. The largest absolute Gasteiger partial charge is 0.326 e. The third-order valence-electron chi connectivity index (χ3n) is 2.97. The van der Waals surface area contributed by atoms with Crippen LogP contribution in [0.5, 0.6) is 0 Å². The summed E-state index contributed by atoms with van der Waals surface area (Å²) in [6.07, 6.45) is 2.49. The molecule has 1 aliphatic carbocycles. The minimum atomic E-state index is -0.132. The van der Waals surface area contributed by atoms with Gasteiger partial charge in [-0.25, -0.2) is 4.39 Å². The van der Waals surface area contributed by atoms with Crippen LogP contribution in [0.4, 0.5) is 4.39 Å². The SMILES string of the molecule is CN(Cc1cccc(CN)c1F)C1CC1. The number of rotatable bonds is 4. The van der Waals surface area contributed by atoms with Gasteiger partial charge in [-0.2, -0.15) is 0 Å². The number of benzene rings is 1. The molecular formula is C12H17FN2. The Balaban J connectivity index is 2.12. The molecule has 15 heavy (non-hydrogen) atoms. The summed E-state index contributed by atoms with van der Waals surface area (Å²) in [7, 11) is 2.05. The van der Waals surface area contributed by atoms with Crippen LogP contribution in [0.1, 0.15) is 24.0 Å². The fraction of sp³-hybridized carbons (Fsp3) is 0.500. The number of nitrogens with zero attached hydrogens (tertiary/aromatic N) is 1. The highest BCUT2D eigenvalue weighted by atomic mass is 19.1. The normalized spacial score (nSPS) is 16.0. The van der Waals surface area contributed by atoms with Crippen molar-refractivity contribution >= 4 is 0 Å². The molecule has 2 nitrogen and oxygen atoms in total. The smallest absolute Gasteiger partial charge is 0.132 e. The number of nitrogens with two attached hydrogens (primary N) is 1. The van der Waals surface area contributed by atoms with Crippen LogP contribution >= 0.6 is 0 Å². The lowest BCUT2D eigenvalue weighted by Gasteiger charge is -2.16. The Morgan fingerprint density at radius 2 is 2.07 bits per heavy atom. The van der Waals surface area contributed by atoms with Crippen molar-refractivity contribution in [3.05, 3.63) is 35.1 Å². The molecule has 3 heteroatoms. The minimum absolute atomic E-state index is 0.132. The van der Waals surface area contributed by atoms with Crippen molar-refractivity contribution in [2.24, 2.45) is 5.73 Å². The molecule has 1 aromatic rings. The summed E-state index contributed by atoms with van der Waals surface area (Å²) in [6.45, 7) is 0.956. The van der Waals surface area contributed by atoms with Gasteiger partial charge < -0.3 is 5.73 Å². The Morgan fingerprint density at radius 1 is 1.40 bits per heavy atom. The second-order valence-electron chi connectivity index (χ2n) is 4.24. The fourth-order valence-electron chi connectivity index (χ4n) is 1.83. The van der Waals surface area contributed by atoms with Gasteiger partial charge in [0.1, 0.15) is 5.82 Å². The van der Waals surface area contributed by atoms with Gasteiger partial charge in [0.25, 0.3) is 0 Å². The molecular weight excluding hydrogens is 191 g/mol. The van der Waals surface area contributed by atoms with Crippen LogP contribution in [0.15, 0.2) is 18.2 Å². The highest BCUT2D eigenvalue weighted by Crippen LogP contribution is 2.27. The molecule has 0 aliphatic heterocycles. The Bertz CT molecular complexity index is 347. The van der Waals surface area contributed by atoms with E-state index in [4.69, 9.17) is 5.73 Å². The van der Waals surface area contributed by atoms with Gasteiger partial charge in [0, 0.05) is 30.3 Å². The second kappa shape index (κ2) is 4.29. The number of halogens is 1. The van der Waals surface area contributed by atoms with E-state index in [1.54, 1.807) is 6.07 Å². The first-order chi connectivity index (χ1) is 7.22. The Hall–Kier alpha value is -0.930. The van der Waals surface area contributed by atoms with Crippen molar-refractivity contribution in [2.45, 2.75) is 32.0 Å². The van der Waals surface area contributed by atoms with Crippen molar-refractivity contribution < 1.29 is 4.39 Å². The van der Waals surface area contributed by atoms with Crippen LogP contribution in [0.3, 0.4) is 0 Å². The molecule has 1 saturated carbocycles. The molecule has 0 saturated heterocycles. The zero-order valence-corrected chi connectivity index (χ0v) is 9.04. The van der Waals surface area contributed by atoms with Gasteiger partial charge in [-0.3, -0.25) is 4.90 Å². The molecule has 82 valence electrons. The van der Waals surface area contributed by atoms with Crippen LogP contribution in [-0.4, -0.2) is 18.0 Å². The van der Waals surface area contributed by atoms with Gasteiger partial charge in [0.2, 0.25) is 0 Å². The molecule has 2 rings (SSSR count). The first-order valence-electron chi connectivity index (χ1n) is 5.39. The van der Waals surface area contributed by atoms with Gasteiger partial charge in [-0.15, -0.1) is 0 Å². The van der Waals surface area contributed by atoms with E-state index in [1.807, 2.05) is 19.2 Å². The highest BCUT2D eigenvalue weighted by Gasteiger charge is 2.26. The summed E-state index contributed by atoms with van der Waals surface area (Å²) in [6, 6.07) is 6.12. The molecule has 0 aromatic heterocycles. The summed E-state index contributed by atoms with van der Waals surface area (Å²) in [4.78, 5) is 2.21. The highest BCUT2D eigenvalue weighted by molar-refractivity contribution is 5.26. The predicted molar refractivity (Wildman–Crippen MR) is 58.8 cm³/mol. The van der Waals surface area contributed by atoms with Crippen molar-refractivity contribution in [1.82, 2.24) is 4.90 Å². The quantitative estimate of drug-likeness (QED) is 0.818. The zero-order valence-electron chi connectivity index (χ0n) is 9.04. The monoisotopic (exact) mass is 208 g/mol. The van der Waals surface area contributed by atoms with Gasteiger partial charge in [0.05, 0.1) is 0 Å². The van der Waals surface area contributed by atoms with E-state index in [1.165, 1.54) is 12.8 Å². The molecule has 0 spiro atoms. The average Bonchev–Trinajstić information content (AvgIpc) is 3.04. The van der Waals surface area contributed by atoms with Crippen molar-refractivity contribution in [3.8, 4) is 0 Å². The predicted octanol–water partition coefficient (Wildman–Crippen LogP) is 1.88. The van der Waals surface area contributed by atoms with E-state index in [0.717, 1.165) is 5.56 Å². The molecule has 0 atom stereocenters. The third-order valence-corrected chi connectivity index (χ3v) is 2.97. The molecule has 0 amide bonds. The van der Waals surface area contributed by atoms with Crippen LogP contribution in [0.2, 0.25) is 0 Å². The topological polar surface area (TPSA) is 29.3 Å². The number of hydrogen-bond donors (Lipinski definition) is 1. The lowest BCUT2D eigenvalue weighted by molar-refractivity contribution is 0.310. The van der Waals surface area contributed by atoms with Crippen LogP contribution < -0.4 is 5.73 Å². The zero-order chi connectivity index (χ0) is 10.8. The molecule has 1 aliphatic rings. The van der Waals surface area contributed by atoms with Crippen LogP contribution in [0.25, 0.3) is 0 Å². The molecule has 1 fully saturated rings. The maximum absolute atomic E-state index is 13.8. The summed E-state index contributed by atoms with van der Waals surface area (Å²) in [5.41, 5.74) is 6.83. The molecule has 0 radical (unpaired) electrons. The Labute approximate surface area is 89.9 Å². The Kier molecular flexibility index (Phi) is 3.03. The molecule has 0 unspecified atom stereocenters. The molecule has 1 aromatic carbocycles. The van der Waals surface area contributed by atoms with E-state index in [-0.39, 0.29) is 12.4 Å². The van der Waals surface area contributed by atoms with E-state index in [2.05, 4.69) is 4.90 Å².